The summed E-state index contributed by atoms with van der Waals surface area (Å²) in [5.74, 6) is 1.05. The highest BCUT2D eigenvalue weighted by Gasteiger charge is 2.32. The molecule has 2 unspecified atom stereocenters. The van der Waals surface area contributed by atoms with E-state index in [9.17, 15) is 8.42 Å². The van der Waals surface area contributed by atoms with E-state index in [-0.39, 0.29) is 12.0 Å². The van der Waals surface area contributed by atoms with E-state index in [1.807, 2.05) is 6.92 Å². The van der Waals surface area contributed by atoms with Gasteiger partial charge in [0.1, 0.15) is 5.75 Å². The van der Waals surface area contributed by atoms with Gasteiger partial charge in [-0.25, -0.2) is 8.42 Å². The number of rotatable bonds is 3. The van der Waals surface area contributed by atoms with Crippen LogP contribution in [0.15, 0.2) is 23.1 Å². The summed E-state index contributed by atoms with van der Waals surface area (Å²) in [6.45, 7) is 3.69. The molecule has 5 nitrogen and oxygen atoms in total. The fraction of sp³-hybridized carbons (Fsp3) is 0.600. The van der Waals surface area contributed by atoms with Crippen LogP contribution in [0.5, 0.6) is 5.75 Å². The molecular formula is C15H22N2O3S. The monoisotopic (exact) mass is 310 g/mol. The molecule has 0 aliphatic carbocycles. The molecule has 2 N–H and O–H groups in total. The van der Waals surface area contributed by atoms with E-state index in [0.717, 1.165) is 30.6 Å². The fourth-order valence-electron chi connectivity index (χ4n) is 3.09. The second-order valence-corrected chi connectivity index (χ2v) is 7.93. The van der Waals surface area contributed by atoms with Gasteiger partial charge in [0.25, 0.3) is 0 Å². The number of piperidine rings is 1. The van der Waals surface area contributed by atoms with E-state index in [1.165, 1.54) is 0 Å². The van der Waals surface area contributed by atoms with Gasteiger partial charge < -0.3 is 10.5 Å². The van der Waals surface area contributed by atoms with Crippen LogP contribution in [-0.2, 0) is 16.4 Å². The van der Waals surface area contributed by atoms with Crippen molar-refractivity contribution in [2.45, 2.75) is 37.1 Å². The van der Waals surface area contributed by atoms with Crippen LogP contribution < -0.4 is 10.5 Å². The second-order valence-electron chi connectivity index (χ2n) is 5.99. The Balaban J connectivity index is 1.86. The van der Waals surface area contributed by atoms with Crippen LogP contribution >= 0.6 is 0 Å². The van der Waals surface area contributed by atoms with Gasteiger partial charge in [-0.15, -0.1) is 0 Å². The predicted octanol–water partition coefficient (Wildman–Crippen LogP) is 1.37. The molecule has 116 valence electrons. The summed E-state index contributed by atoms with van der Waals surface area (Å²) < 4.78 is 32.6. The summed E-state index contributed by atoms with van der Waals surface area (Å²) in [7, 11) is -3.43. The largest absolute Gasteiger partial charge is 0.493 e. The van der Waals surface area contributed by atoms with Crippen LogP contribution in [0.2, 0.25) is 0 Å². The van der Waals surface area contributed by atoms with Crippen LogP contribution in [0, 0.1) is 5.92 Å². The van der Waals surface area contributed by atoms with E-state index in [1.54, 1.807) is 22.5 Å². The standard InChI is InChI=1S/C15H22N2O3S/c1-11(16)13-3-2-7-17(10-13)21(18,19)14-4-5-15-12(9-14)6-8-20-15/h4-5,9,11,13H,2-3,6-8,10,16H2,1H3. The van der Waals surface area contributed by atoms with Crippen molar-refractivity contribution in [1.82, 2.24) is 4.31 Å². The zero-order valence-corrected chi connectivity index (χ0v) is 13.1. The summed E-state index contributed by atoms with van der Waals surface area (Å²) >= 11 is 0. The minimum Gasteiger partial charge on any atom is -0.493 e. The Labute approximate surface area is 126 Å². The molecular weight excluding hydrogens is 288 g/mol. The maximum absolute atomic E-state index is 12.8. The number of hydrogen-bond donors (Lipinski definition) is 1. The molecule has 0 amide bonds. The molecule has 0 bridgehead atoms. The third-order valence-electron chi connectivity index (χ3n) is 4.46. The van der Waals surface area contributed by atoms with E-state index >= 15 is 0 Å². The molecule has 1 aromatic rings. The molecule has 0 aromatic heterocycles. The van der Waals surface area contributed by atoms with Crippen LogP contribution in [0.25, 0.3) is 0 Å². The molecule has 1 saturated heterocycles. The molecule has 6 heteroatoms. The van der Waals surface area contributed by atoms with Gasteiger partial charge in [-0.3, -0.25) is 0 Å². The number of nitrogens with two attached hydrogens (primary N) is 1. The molecule has 2 heterocycles. The highest BCUT2D eigenvalue weighted by Crippen LogP contribution is 2.30. The molecule has 0 saturated carbocycles. The van der Waals surface area contributed by atoms with Crippen LogP contribution in [0.1, 0.15) is 25.3 Å². The van der Waals surface area contributed by atoms with E-state index < -0.39 is 10.0 Å². The minimum absolute atomic E-state index is 0.0245. The molecule has 0 radical (unpaired) electrons. The lowest BCUT2D eigenvalue weighted by molar-refractivity contribution is 0.243. The van der Waals surface area contributed by atoms with E-state index in [2.05, 4.69) is 0 Å². The molecule has 1 fully saturated rings. The number of fused-ring (bicyclic) bond motifs is 1. The number of hydrogen-bond acceptors (Lipinski definition) is 4. The van der Waals surface area contributed by atoms with Crippen molar-refractivity contribution in [2.75, 3.05) is 19.7 Å². The Kier molecular flexibility index (Phi) is 3.94. The lowest BCUT2D eigenvalue weighted by Gasteiger charge is -2.33. The highest BCUT2D eigenvalue weighted by molar-refractivity contribution is 7.89. The van der Waals surface area contributed by atoms with Gasteiger partial charge >= 0.3 is 0 Å². The number of benzene rings is 1. The van der Waals surface area contributed by atoms with Crippen molar-refractivity contribution in [2.24, 2.45) is 11.7 Å². The Morgan fingerprint density at radius 3 is 3.00 bits per heavy atom. The number of sulfonamides is 1. The van der Waals surface area contributed by atoms with Gasteiger partial charge in [-0.1, -0.05) is 0 Å². The van der Waals surface area contributed by atoms with Crippen molar-refractivity contribution in [3.05, 3.63) is 23.8 Å². The normalized spacial score (nSPS) is 24.4. The summed E-state index contributed by atoms with van der Waals surface area (Å²) in [6, 6.07) is 5.20. The van der Waals surface area contributed by atoms with Crippen molar-refractivity contribution >= 4 is 10.0 Å². The topological polar surface area (TPSA) is 72.6 Å². The molecule has 21 heavy (non-hydrogen) atoms. The first-order chi connectivity index (χ1) is 9.98. The summed E-state index contributed by atoms with van der Waals surface area (Å²) in [5.41, 5.74) is 6.93. The molecule has 2 aliphatic rings. The van der Waals surface area contributed by atoms with Crippen molar-refractivity contribution < 1.29 is 13.2 Å². The number of ether oxygens (including phenoxy) is 1. The van der Waals surface area contributed by atoms with E-state index in [4.69, 9.17) is 10.5 Å². The van der Waals surface area contributed by atoms with Gasteiger partial charge in [-0.05, 0) is 49.4 Å². The Bertz CT molecular complexity index is 628. The molecule has 3 rings (SSSR count). The third-order valence-corrected chi connectivity index (χ3v) is 6.32. The Morgan fingerprint density at radius 1 is 1.43 bits per heavy atom. The first-order valence-corrected chi connectivity index (χ1v) is 8.94. The Morgan fingerprint density at radius 2 is 2.24 bits per heavy atom. The first-order valence-electron chi connectivity index (χ1n) is 7.50. The molecule has 0 spiro atoms. The van der Waals surface area contributed by atoms with Gasteiger partial charge in [0.15, 0.2) is 0 Å². The molecule has 2 aliphatic heterocycles. The van der Waals surface area contributed by atoms with Gasteiger partial charge in [0.05, 0.1) is 11.5 Å². The highest BCUT2D eigenvalue weighted by atomic mass is 32.2. The smallest absolute Gasteiger partial charge is 0.243 e. The lowest BCUT2D eigenvalue weighted by atomic mass is 9.93. The molecule has 1 aromatic carbocycles. The Hall–Kier alpha value is -1.11. The zero-order chi connectivity index (χ0) is 15.0. The third kappa shape index (κ3) is 2.80. The summed E-state index contributed by atoms with van der Waals surface area (Å²) in [6.07, 6.45) is 2.66. The maximum Gasteiger partial charge on any atom is 0.243 e. The SMILES string of the molecule is CC(N)C1CCCN(S(=O)(=O)c2ccc3c(c2)CCO3)C1. The van der Waals surface area contributed by atoms with E-state index in [0.29, 0.717) is 24.6 Å². The average molecular weight is 310 g/mol. The van der Waals surface area contributed by atoms with Crippen molar-refractivity contribution in [3.63, 3.8) is 0 Å². The minimum atomic E-state index is -3.43. The van der Waals surface area contributed by atoms with Gasteiger partial charge in [0.2, 0.25) is 10.0 Å². The predicted molar refractivity (Wildman–Crippen MR) is 80.8 cm³/mol. The van der Waals surface area contributed by atoms with Crippen LogP contribution in [0.4, 0.5) is 0 Å². The van der Waals surface area contributed by atoms with Gasteiger partial charge in [-0.2, -0.15) is 4.31 Å². The maximum atomic E-state index is 12.8. The summed E-state index contributed by atoms with van der Waals surface area (Å²) in [4.78, 5) is 0.372. The second kappa shape index (κ2) is 5.59. The quantitative estimate of drug-likeness (QED) is 0.915. The van der Waals surface area contributed by atoms with Crippen LogP contribution in [-0.4, -0.2) is 38.5 Å². The summed E-state index contributed by atoms with van der Waals surface area (Å²) in [5, 5.41) is 0. The van der Waals surface area contributed by atoms with Crippen molar-refractivity contribution in [1.29, 1.82) is 0 Å². The first kappa shape index (κ1) is 14.8. The lowest BCUT2D eigenvalue weighted by Crippen LogP contribution is -2.44. The zero-order valence-electron chi connectivity index (χ0n) is 12.3. The van der Waals surface area contributed by atoms with Gasteiger partial charge in [0, 0.05) is 25.6 Å². The van der Waals surface area contributed by atoms with Crippen molar-refractivity contribution in [3.8, 4) is 5.75 Å². The molecule has 2 atom stereocenters. The average Bonchev–Trinajstić information content (AvgIpc) is 2.94. The number of nitrogens with zero attached hydrogens (tertiary/aromatic N) is 1. The fourth-order valence-corrected chi connectivity index (χ4v) is 4.68. The van der Waals surface area contributed by atoms with Crippen LogP contribution in [0.3, 0.4) is 0 Å².